The Labute approximate surface area is 242 Å². The Hall–Kier alpha value is -2.50. The highest BCUT2D eigenvalue weighted by Crippen LogP contribution is 2.42. The Kier molecular flexibility index (Phi) is 9.75. The first-order valence-corrected chi connectivity index (χ1v) is 15.6. The van der Waals surface area contributed by atoms with Crippen LogP contribution in [0.25, 0.3) is 11.1 Å². The molecule has 0 bridgehead atoms. The second-order valence-electron chi connectivity index (χ2n) is 12.7. The molecule has 5 nitrogen and oxygen atoms in total. The summed E-state index contributed by atoms with van der Waals surface area (Å²) >= 11 is 0. The summed E-state index contributed by atoms with van der Waals surface area (Å²) in [5.74, 6) is 5.48. The van der Waals surface area contributed by atoms with Gasteiger partial charge < -0.3 is 23.7 Å². The van der Waals surface area contributed by atoms with E-state index in [9.17, 15) is 0 Å². The zero-order valence-electron chi connectivity index (χ0n) is 25.5. The summed E-state index contributed by atoms with van der Waals surface area (Å²) < 4.78 is 18.5. The SMILES string of the molecule is COc1cc2c(cc1OCC1CCN(C)CC1)C(C)C/C=C(\c1ccc(C)o1)C=C2CCCC1CCN(C)CC1. The van der Waals surface area contributed by atoms with Crippen LogP contribution in [0.5, 0.6) is 11.5 Å². The van der Waals surface area contributed by atoms with Crippen molar-refractivity contribution < 1.29 is 13.9 Å². The Morgan fingerprint density at radius 1 is 0.925 bits per heavy atom. The van der Waals surface area contributed by atoms with E-state index in [-0.39, 0.29) is 0 Å². The topological polar surface area (TPSA) is 38.1 Å². The zero-order chi connectivity index (χ0) is 28.1. The number of likely N-dealkylation sites (tertiary alicyclic amines) is 2. The first-order valence-electron chi connectivity index (χ1n) is 15.6. The minimum atomic E-state index is 0.371. The van der Waals surface area contributed by atoms with Crippen LogP contribution < -0.4 is 9.47 Å². The van der Waals surface area contributed by atoms with Gasteiger partial charge in [-0.2, -0.15) is 0 Å². The van der Waals surface area contributed by atoms with Crippen LogP contribution >= 0.6 is 0 Å². The van der Waals surface area contributed by atoms with Crippen LogP contribution in [0.4, 0.5) is 0 Å². The summed E-state index contributed by atoms with van der Waals surface area (Å²) in [6, 6.07) is 8.72. The number of piperidine rings is 2. The highest BCUT2D eigenvalue weighted by atomic mass is 16.5. The van der Waals surface area contributed by atoms with Crippen molar-refractivity contribution in [1.29, 1.82) is 0 Å². The first-order chi connectivity index (χ1) is 19.4. The number of furan rings is 1. The van der Waals surface area contributed by atoms with E-state index >= 15 is 0 Å². The summed E-state index contributed by atoms with van der Waals surface area (Å²) in [4.78, 5) is 4.88. The van der Waals surface area contributed by atoms with Crippen molar-refractivity contribution in [2.45, 2.75) is 71.1 Å². The quantitative estimate of drug-likeness (QED) is 0.321. The lowest BCUT2D eigenvalue weighted by Crippen LogP contribution is -2.32. The molecule has 1 unspecified atom stereocenters. The number of hydrogen-bond acceptors (Lipinski definition) is 5. The van der Waals surface area contributed by atoms with Crippen molar-refractivity contribution in [3.05, 3.63) is 59.1 Å². The largest absolute Gasteiger partial charge is 0.493 e. The molecule has 40 heavy (non-hydrogen) atoms. The van der Waals surface area contributed by atoms with Crippen LogP contribution in [0.2, 0.25) is 0 Å². The summed E-state index contributed by atoms with van der Waals surface area (Å²) in [6.07, 6.45) is 14.3. The molecule has 1 aromatic carbocycles. The van der Waals surface area contributed by atoms with Gasteiger partial charge >= 0.3 is 0 Å². The maximum absolute atomic E-state index is 6.49. The predicted molar refractivity (Wildman–Crippen MR) is 165 cm³/mol. The number of rotatable bonds is 9. The van der Waals surface area contributed by atoms with E-state index in [0.29, 0.717) is 11.8 Å². The molecule has 1 atom stereocenters. The Balaban J connectivity index is 1.41. The average Bonchev–Trinajstić information content (AvgIpc) is 3.39. The van der Waals surface area contributed by atoms with Gasteiger partial charge in [0.05, 0.1) is 13.7 Å². The summed E-state index contributed by atoms with van der Waals surface area (Å²) in [5.41, 5.74) is 5.26. The molecule has 1 aliphatic carbocycles. The fraction of sp³-hybridized carbons (Fsp3) is 0.600. The average molecular weight is 547 g/mol. The number of methoxy groups -OCH3 is 1. The molecule has 3 heterocycles. The van der Waals surface area contributed by atoms with Crippen LogP contribution in [0, 0.1) is 18.8 Å². The van der Waals surface area contributed by atoms with Crippen molar-refractivity contribution in [3.63, 3.8) is 0 Å². The minimum absolute atomic E-state index is 0.371. The van der Waals surface area contributed by atoms with E-state index in [0.717, 1.165) is 61.5 Å². The highest BCUT2D eigenvalue weighted by Gasteiger charge is 2.24. The lowest BCUT2D eigenvalue weighted by molar-refractivity contribution is 0.157. The summed E-state index contributed by atoms with van der Waals surface area (Å²) in [6.45, 7) is 9.90. The third kappa shape index (κ3) is 7.22. The molecule has 2 fully saturated rings. The molecule has 1 aromatic heterocycles. The fourth-order valence-electron chi connectivity index (χ4n) is 6.63. The third-order valence-electron chi connectivity index (χ3n) is 9.47. The van der Waals surface area contributed by atoms with E-state index in [2.05, 4.69) is 67.2 Å². The molecule has 3 aliphatic rings. The van der Waals surface area contributed by atoms with E-state index in [1.165, 1.54) is 73.9 Å². The second kappa shape index (κ2) is 13.4. The molecule has 5 heteroatoms. The van der Waals surface area contributed by atoms with Crippen LogP contribution in [0.15, 0.2) is 40.8 Å². The first kappa shape index (κ1) is 29.0. The van der Waals surface area contributed by atoms with Crippen molar-refractivity contribution in [2.75, 3.05) is 54.0 Å². The number of aryl methyl sites for hydroxylation is 1. The summed E-state index contributed by atoms with van der Waals surface area (Å²) in [5, 5.41) is 0. The molecule has 2 saturated heterocycles. The number of benzene rings is 1. The van der Waals surface area contributed by atoms with Gasteiger partial charge in [0, 0.05) is 5.57 Å². The van der Waals surface area contributed by atoms with E-state index in [4.69, 9.17) is 13.9 Å². The minimum Gasteiger partial charge on any atom is -0.493 e. The Morgan fingerprint density at radius 2 is 1.62 bits per heavy atom. The molecular formula is C35H50N2O3. The van der Waals surface area contributed by atoms with Gasteiger partial charge in [-0.15, -0.1) is 0 Å². The van der Waals surface area contributed by atoms with Crippen molar-refractivity contribution in [3.8, 4) is 11.5 Å². The van der Waals surface area contributed by atoms with E-state index < -0.39 is 0 Å². The molecule has 0 N–H and O–H groups in total. The van der Waals surface area contributed by atoms with Gasteiger partial charge in [0.25, 0.3) is 0 Å². The van der Waals surface area contributed by atoms with Crippen molar-refractivity contribution in [2.24, 2.45) is 11.8 Å². The maximum Gasteiger partial charge on any atom is 0.161 e. The van der Waals surface area contributed by atoms with Crippen LogP contribution in [-0.4, -0.2) is 63.8 Å². The summed E-state index contributed by atoms with van der Waals surface area (Å²) in [7, 11) is 6.23. The van der Waals surface area contributed by atoms with Gasteiger partial charge in [-0.25, -0.2) is 0 Å². The van der Waals surface area contributed by atoms with Crippen molar-refractivity contribution >= 4 is 11.1 Å². The smallest absolute Gasteiger partial charge is 0.161 e. The predicted octanol–water partition coefficient (Wildman–Crippen LogP) is 7.80. The maximum atomic E-state index is 6.49. The van der Waals surface area contributed by atoms with Crippen LogP contribution in [0.1, 0.15) is 86.9 Å². The number of allylic oxidation sites excluding steroid dienone is 4. The third-order valence-corrected chi connectivity index (χ3v) is 9.47. The van der Waals surface area contributed by atoms with Gasteiger partial charge in [-0.1, -0.05) is 19.4 Å². The number of hydrogen-bond donors (Lipinski definition) is 0. The van der Waals surface area contributed by atoms with E-state index in [1.54, 1.807) is 7.11 Å². The molecule has 0 radical (unpaired) electrons. The lowest BCUT2D eigenvalue weighted by atomic mass is 9.83. The molecular weight excluding hydrogens is 496 g/mol. The molecule has 5 rings (SSSR count). The van der Waals surface area contributed by atoms with Gasteiger partial charge in [-0.3, -0.25) is 0 Å². The van der Waals surface area contributed by atoms with Crippen molar-refractivity contribution in [1.82, 2.24) is 9.80 Å². The Bertz CT molecular complexity index is 1180. The molecule has 218 valence electrons. The standard InChI is InChI=1S/C35H50N2O3/c1-25-9-11-30(33-12-10-26(2)40-33)21-29(8-6-7-27-13-17-36(3)18-14-27)32-23-34(38-5)35(22-31(25)32)39-24-28-15-19-37(4)20-16-28/h10-12,21-23,25,27-28H,6-9,13-20,24H2,1-5H3/b29-21?,30-11-. The van der Waals surface area contributed by atoms with Gasteiger partial charge in [0.15, 0.2) is 11.5 Å². The lowest BCUT2D eigenvalue weighted by Gasteiger charge is -2.29. The second-order valence-corrected chi connectivity index (χ2v) is 12.7. The van der Waals surface area contributed by atoms with Crippen LogP contribution in [0.3, 0.4) is 0 Å². The zero-order valence-corrected chi connectivity index (χ0v) is 25.5. The van der Waals surface area contributed by atoms with Gasteiger partial charge in [0.2, 0.25) is 0 Å². The Morgan fingerprint density at radius 3 is 2.27 bits per heavy atom. The molecule has 0 amide bonds. The normalized spacial score (nSPS) is 23.1. The molecule has 2 aromatic rings. The molecule has 2 aliphatic heterocycles. The van der Waals surface area contributed by atoms with Gasteiger partial charge in [-0.05, 0) is 157 Å². The van der Waals surface area contributed by atoms with Crippen LogP contribution in [-0.2, 0) is 0 Å². The number of nitrogens with zero attached hydrogens (tertiary/aromatic N) is 2. The molecule has 0 saturated carbocycles. The molecule has 0 spiro atoms. The number of ether oxygens (including phenoxy) is 2. The van der Waals surface area contributed by atoms with E-state index in [1.807, 2.05) is 6.92 Å². The number of fused-ring (bicyclic) bond motifs is 1. The monoisotopic (exact) mass is 546 g/mol. The highest BCUT2D eigenvalue weighted by molar-refractivity contribution is 5.85. The fourth-order valence-corrected chi connectivity index (χ4v) is 6.63. The van der Waals surface area contributed by atoms with Gasteiger partial charge in [0.1, 0.15) is 11.5 Å².